The van der Waals surface area contributed by atoms with Crippen molar-refractivity contribution < 1.29 is 13.2 Å². The molecule has 2 heterocycles. The third-order valence-corrected chi connectivity index (χ3v) is 7.51. The van der Waals surface area contributed by atoms with Gasteiger partial charge in [0.15, 0.2) is 4.87 Å². The van der Waals surface area contributed by atoms with Crippen LogP contribution in [0, 0.1) is 0 Å². The summed E-state index contributed by atoms with van der Waals surface area (Å²) in [5.74, 6) is -0.295. The van der Waals surface area contributed by atoms with E-state index >= 15 is 0 Å². The van der Waals surface area contributed by atoms with Crippen LogP contribution in [0.1, 0.15) is 16.7 Å². The van der Waals surface area contributed by atoms with Crippen LogP contribution in [0.3, 0.4) is 0 Å². The number of aromatic nitrogens is 1. The summed E-state index contributed by atoms with van der Waals surface area (Å²) < 4.78 is 23.3. The first kappa shape index (κ1) is 22.3. The van der Waals surface area contributed by atoms with E-state index in [4.69, 9.17) is 16.7 Å². The van der Waals surface area contributed by atoms with Crippen LogP contribution in [0.5, 0.6) is 0 Å². The number of carbonyl (C=O) groups excluding carboxylic acids is 1. The van der Waals surface area contributed by atoms with Gasteiger partial charge in [0.1, 0.15) is 0 Å². The predicted octanol–water partition coefficient (Wildman–Crippen LogP) is 4.43. The van der Waals surface area contributed by atoms with Gasteiger partial charge in [0, 0.05) is 23.6 Å². The second-order valence-electron chi connectivity index (χ2n) is 8.07. The molecule has 0 aliphatic carbocycles. The second kappa shape index (κ2) is 8.36. The standard InChI is InChI=1S/C26H20ClN3O3S/c27-26(21-9-11-22(12-10-21)34(28,32)33)23-3-1-2-4-24(23)30(25(26)31)17-18-5-7-19(8-6-18)20-13-15-29-16-14-20/h1-16H,17H2,(H2,28,32,33). The van der Waals surface area contributed by atoms with Gasteiger partial charge >= 0.3 is 0 Å². The number of alkyl halides is 1. The summed E-state index contributed by atoms with van der Waals surface area (Å²) >= 11 is 7.03. The lowest BCUT2D eigenvalue weighted by Crippen LogP contribution is -2.37. The van der Waals surface area contributed by atoms with Gasteiger partial charge in [-0.2, -0.15) is 0 Å². The van der Waals surface area contributed by atoms with Crippen molar-refractivity contribution in [2.75, 3.05) is 4.90 Å². The van der Waals surface area contributed by atoms with Crippen molar-refractivity contribution in [3.05, 3.63) is 114 Å². The number of anilines is 1. The Bertz CT molecular complexity index is 1470. The number of para-hydroxylation sites is 1. The maximum absolute atomic E-state index is 13.7. The fourth-order valence-electron chi connectivity index (χ4n) is 4.25. The zero-order valence-corrected chi connectivity index (χ0v) is 19.5. The van der Waals surface area contributed by atoms with Gasteiger partial charge in [0.2, 0.25) is 10.0 Å². The highest BCUT2D eigenvalue weighted by atomic mass is 35.5. The van der Waals surface area contributed by atoms with E-state index in [-0.39, 0.29) is 10.8 Å². The summed E-state index contributed by atoms with van der Waals surface area (Å²) in [6.07, 6.45) is 3.50. The van der Waals surface area contributed by atoms with Crippen LogP contribution in [-0.4, -0.2) is 19.3 Å². The smallest absolute Gasteiger partial charge is 0.257 e. The molecule has 0 radical (unpaired) electrons. The number of fused-ring (bicyclic) bond motifs is 1. The van der Waals surface area contributed by atoms with Crippen LogP contribution >= 0.6 is 11.6 Å². The molecule has 6 nitrogen and oxygen atoms in total. The Balaban J connectivity index is 1.49. The number of amides is 1. The fourth-order valence-corrected chi connectivity index (χ4v) is 5.15. The Kier molecular flexibility index (Phi) is 5.48. The van der Waals surface area contributed by atoms with Gasteiger partial charge in [-0.15, -0.1) is 0 Å². The number of benzene rings is 3. The van der Waals surface area contributed by atoms with E-state index in [1.54, 1.807) is 17.3 Å². The Labute approximate surface area is 202 Å². The molecule has 1 amide bonds. The summed E-state index contributed by atoms with van der Waals surface area (Å²) in [6.45, 7) is 0.343. The molecule has 0 saturated heterocycles. The molecule has 170 valence electrons. The summed E-state index contributed by atoms with van der Waals surface area (Å²) in [5.41, 5.74) is 4.92. The average molecular weight is 490 g/mol. The van der Waals surface area contributed by atoms with E-state index in [0.29, 0.717) is 17.7 Å². The minimum atomic E-state index is -3.85. The summed E-state index contributed by atoms with van der Waals surface area (Å²) in [6, 6.07) is 25.1. The Morgan fingerprint density at radius 1 is 0.853 bits per heavy atom. The van der Waals surface area contributed by atoms with Crippen LogP contribution in [0.15, 0.2) is 102 Å². The second-order valence-corrected chi connectivity index (χ2v) is 10.2. The van der Waals surface area contributed by atoms with Crippen LogP contribution in [0.25, 0.3) is 11.1 Å². The fraction of sp³-hybridized carbons (Fsp3) is 0.0769. The van der Waals surface area contributed by atoms with Crippen molar-refractivity contribution in [3.63, 3.8) is 0 Å². The summed E-state index contributed by atoms with van der Waals surface area (Å²) in [7, 11) is -3.85. The van der Waals surface area contributed by atoms with Crippen LogP contribution in [-0.2, 0) is 26.2 Å². The highest BCUT2D eigenvalue weighted by Gasteiger charge is 2.50. The van der Waals surface area contributed by atoms with E-state index in [1.807, 2.05) is 60.7 Å². The van der Waals surface area contributed by atoms with E-state index < -0.39 is 14.9 Å². The van der Waals surface area contributed by atoms with Gasteiger partial charge in [-0.05, 0) is 52.6 Å². The Morgan fingerprint density at radius 3 is 2.12 bits per heavy atom. The molecule has 1 aromatic heterocycles. The highest BCUT2D eigenvalue weighted by molar-refractivity contribution is 7.89. The molecule has 8 heteroatoms. The molecular formula is C26H20ClN3O3S. The van der Waals surface area contributed by atoms with Crippen LogP contribution in [0.4, 0.5) is 5.69 Å². The number of hydrogen-bond donors (Lipinski definition) is 1. The lowest BCUT2D eigenvalue weighted by molar-refractivity contribution is -0.119. The number of rotatable bonds is 5. The quantitative estimate of drug-likeness (QED) is 0.420. The first-order valence-corrected chi connectivity index (χ1v) is 12.4. The van der Waals surface area contributed by atoms with E-state index in [0.717, 1.165) is 22.4 Å². The topological polar surface area (TPSA) is 93.4 Å². The van der Waals surface area contributed by atoms with Gasteiger partial charge in [-0.3, -0.25) is 9.78 Å². The molecule has 0 spiro atoms. The maximum atomic E-state index is 13.7. The Hall–Kier alpha value is -3.52. The van der Waals surface area contributed by atoms with Gasteiger partial charge in [-0.25, -0.2) is 13.6 Å². The zero-order valence-electron chi connectivity index (χ0n) is 17.9. The summed E-state index contributed by atoms with van der Waals surface area (Å²) in [4.78, 5) is 17.9. The molecule has 0 bridgehead atoms. The molecule has 1 atom stereocenters. The molecule has 2 N–H and O–H groups in total. The zero-order chi connectivity index (χ0) is 23.9. The first-order chi connectivity index (χ1) is 16.3. The lowest BCUT2D eigenvalue weighted by atomic mass is 9.91. The molecule has 34 heavy (non-hydrogen) atoms. The monoisotopic (exact) mass is 489 g/mol. The van der Waals surface area contributed by atoms with Crippen molar-refractivity contribution in [2.45, 2.75) is 16.3 Å². The number of halogens is 1. The minimum Gasteiger partial charge on any atom is -0.305 e. The SMILES string of the molecule is NS(=O)(=O)c1ccc(C2(Cl)C(=O)N(Cc3ccc(-c4ccncc4)cc3)c3ccccc32)cc1. The molecule has 5 rings (SSSR count). The Morgan fingerprint density at radius 2 is 1.47 bits per heavy atom. The number of nitrogens with two attached hydrogens (primary N) is 1. The molecule has 4 aromatic rings. The van der Waals surface area contributed by atoms with E-state index in [1.165, 1.54) is 24.3 Å². The molecule has 0 fully saturated rings. The predicted molar refractivity (Wildman–Crippen MR) is 132 cm³/mol. The highest BCUT2D eigenvalue weighted by Crippen LogP contribution is 2.49. The lowest BCUT2D eigenvalue weighted by Gasteiger charge is -2.23. The maximum Gasteiger partial charge on any atom is 0.257 e. The summed E-state index contributed by atoms with van der Waals surface area (Å²) in [5, 5.41) is 5.21. The molecule has 0 saturated carbocycles. The number of hydrogen-bond acceptors (Lipinski definition) is 4. The van der Waals surface area contributed by atoms with Gasteiger partial charge < -0.3 is 4.90 Å². The number of nitrogens with zero attached hydrogens (tertiary/aromatic N) is 2. The van der Waals surface area contributed by atoms with Gasteiger partial charge in [0.25, 0.3) is 5.91 Å². The number of pyridine rings is 1. The van der Waals surface area contributed by atoms with Crippen molar-refractivity contribution in [2.24, 2.45) is 5.14 Å². The van der Waals surface area contributed by atoms with Gasteiger partial charge in [0.05, 0.1) is 11.4 Å². The van der Waals surface area contributed by atoms with Crippen molar-refractivity contribution in [1.82, 2.24) is 4.98 Å². The molecule has 3 aromatic carbocycles. The minimum absolute atomic E-state index is 0.0404. The third-order valence-electron chi connectivity index (χ3n) is 5.99. The normalized spacial score (nSPS) is 17.6. The van der Waals surface area contributed by atoms with Gasteiger partial charge in [-0.1, -0.05) is 66.2 Å². The molecular weight excluding hydrogens is 470 g/mol. The molecule has 1 aliphatic heterocycles. The number of primary sulfonamides is 1. The van der Waals surface area contributed by atoms with Crippen molar-refractivity contribution in [3.8, 4) is 11.1 Å². The largest absolute Gasteiger partial charge is 0.305 e. The number of carbonyl (C=O) groups is 1. The van der Waals surface area contributed by atoms with E-state index in [9.17, 15) is 13.2 Å². The molecule has 1 unspecified atom stereocenters. The molecule has 1 aliphatic rings. The number of sulfonamides is 1. The van der Waals surface area contributed by atoms with E-state index in [2.05, 4.69) is 4.98 Å². The first-order valence-electron chi connectivity index (χ1n) is 10.5. The van der Waals surface area contributed by atoms with Crippen LogP contribution < -0.4 is 10.0 Å². The van der Waals surface area contributed by atoms with Crippen LogP contribution in [0.2, 0.25) is 0 Å². The third kappa shape index (κ3) is 3.77. The average Bonchev–Trinajstić information content (AvgIpc) is 3.07. The van der Waals surface area contributed by atoms with Crippen molar-refractivity contribution >= 4 is 33.2 Å². The van der Waals surface area contributed by atoms with Crippen molar-refractivity contribution in [1.29, 1.82) is 0 Å².